The number of halogens is 1. The Kier molecular flexibility index (Phi) is 4.18. The molecule has 23 heavy (non-hydrogen) atoms. The van der Waals surface area contributed by atoms with Crippen LogP contribution >= 0.6 is 0 Å². The molecular formula is C16H17FN2O4. The standard InChI is InChI=1S/C16H17FN2O4/c17-6-1-7-18(16(21)22)10-23-13-4-5-14-11(8-13)9-19(15(14)20)12-2-3-12/h1,4-6,8,12H,2-3,7,9-10H2,(H,21,22). The molecule has 0 unspecified atom stereocenters. The van der Waals surface area contributed by atoms with Crippen LogP contribution in [0.5, 0.6) is 5.75 Å². The lowest BCUT2D eigenvalue weighted by atomic mass is 10.1. The monoisotopic (exact) mass is 320 g/mol. The first kappa shape index (κ1) is 15.3. The van der Waals surface area contributed by atoms with Crippen molar-refractivity contribution in [2.24, 2.45) is 0 Å². The van der Waals surface area contributed by atoms with E-state index in [2.05, 4.69) is 0 Å². The number of rotatable bonds is 6. The maximum absolute atomic E-state index is 12.2. The molecule has 1 fully saturated rings. The van der Waals surface area contributed by atoms with E-state index in [1.54, 1.807) is 18.2 Å². The fourth-order valence-electron chi connectivity index (χ4n) is 2.60. The first-order valence-electron chi connectivity index (χ1n) is 7.40. The summed E-state index contributed by atoms with van der Waals surface area (Å²) in [5.41, 5.74) is 1.57. The van der Waals surface area contributed by atoms with Gasteiger partial charge >= 0.3 is 6.09 Å². The smallest absolute Gasteiger partial charge is 0.410 e. The molecule has 1 N–H and O–H groups in total. The topological polar surface area (TPSA) is 70.1 Å². The Morgan fingerprint density at radius 3 is 2.91 bits per heavy atom. The summed E-state index contributed by atoms with van der Waals surface area (Å²) < 4.78 is 17.5. The van der Waals surface area contributed by atoms with E-state index >= 15 is 0 Å². The summed E-state index contributed by atoms with van der Waals surface area (Å²) in [6.45, 7) is 0.271. The normalized spacial score (nSPS) is 16.7. The predicted octanol–water partition coefficient (Wildman–Crippen LogP) is 2.60. The molecule has 6 nitrogen and oxygen atoms in total. The zero-order chi connectivity index (χ0) is 16.4. The van der Waals surface area contributed by atoms with Crippen LogP contribution in [-0.4, -0.2) is 46.2 Å². The molecule has 2 aliphatic rings. The molecule has 1 saturated carbocycles. The molecule has 1 aliphatic carbocycles. The highest BCUT2D eigenvalue weighted by Crippen LogP contribution is 2.35. The van der Waals surface area contributed by atoms with E-state index in [4.69, 9.17) is 9.84 Å². The van der Waals surface area contributed by atoms with Crippen molar-refractivity contribution in [2.45, 2.75) is 25.4 Å². The van der Waals surface area contributed by atoms with Crippen molar-refractivity contribution in [3.63, 3.8) is 0 Å². The highest BCUT2D eigenvalue weighted by molar-refractivity contribution is 5.98. The van der Waals surface area contributed by atoms with E-state index in [1.165, 1.54) is 0 Å². The van der Waals surface area contributed by atoms with Crippen molar-refractivity contribution < 1.29 is 23.8 Å². The average Bonchev–Trinajstić information content (AvgIpc) is 3.32. The van der Waals surface area contributed by atoms with E-state index in [-0.39, 0.29) is 19.2 Å². The SMILES string of the molecule is O=C(O)N(CC=CF)COc1ccc2c(c1)CN(C1CC1)C2=O. The number of carbonyl (C=O) groups is 2. The summed E-state index contributed by atoms with van der Waals surface area (Å²) in [5, 5.41) is 9.01. The van der Waals surface area contributed by atoms with Gasteiger partial charge in [-0.2, -0.15) is 0 Å². The maximum atomic E-state index is 12.2. The average molecular weight is 320 g/mol. The highest BCUT2D eigenvalue weighted by atomic mass is 19.1. The van der Waals surface area contributed by atoms with Crippen LogP contribution in [0.15, 0.2) is 30.6 Å². The Labute approximate surface area is 132 Å². The lowest BCUT2D eigenvalue weighted by Crippen LogP contribution is -2.33. The zero-order valence-corrected chi connectivity index (χ0v) is 12.4. The van der Waals surface area contributed by atoms with Gasteiger partial charge in [-0.25, -0.2) is 9.18 Å². The van der Waals surface area contributed by atoms with Crippen LogP contribution in [0.1, 0.15) is 28.8 Å². The Morgan fingerprint density at radius 1 is 1.48 bits per heavy atom. The molecule has 0 saturated heterocycles. The first-order chi connectivity index (χ1) is 11.1. The van der Waals surface area contributed by atoms with Crippen molar-refractivity contribution in [3.05, 3.63) is 41.7 Å². The molecule has 7 heteroatoms. The number of hydrogen-bond donors (Lipinski definition) is 1. The molecule has 1 aromatic rings. The minimum atomic E-state index is -1.20. The zero-order valence-electron chi connectivity index (χ0n) is 12.4. The van der Waals surface area contributed by atoms with Crippen molar-refractivity contribution in [1.82, 2.24) is 9.80 Å². The summed E-state index contributed by atoms with van der Waals surface area (Å²) in [5.74, 6) is 0.541. The quantitative estimate of drug-likeness (QED) is 0.818. The van der Waals surface area contributed by atoms with Gasteiger partial charge in [0, 0.05) is 24.7 Å². The summed E-state index contributed by atoms with van der Waals surface area (Å²) >= 11 is 0. The van der Waals surface area contributed by atoms with Gasteiger partial charge in [0.15, 0.2) is 6.73 Å². The van der Waals surface area contributed by atoms with Crippen LogP contribution in [0, 0.1) is 0 Å². The van der Waals surface area contributed by atoms with Crippen molar-refractivity contribution in [2.75, 3.05) is 13.3 Å². The number of fused-ring (bicyclic) bond motifs is 1. The number of carboxylic acid groups (broad SMARTS) is 1. The van der Waals surface area contributed by atoms with Gasteiger partial charge < -0.3 is 14.7 Å². The number of nitrogens with zero attached hydrogens (tertiary/aromatic N) is 2. The van der Waals surface area contributed by atoms with Gasteiger partial charge in [0.25, 0.3) is 5.91 Å². The summed E-state index contributed by atoms with van der Waals surface area (Å²) in [6, 6.07) is 5.48. The van der Waals surface area contributed by atoms with Crippen LogP contribution in [0.4, 0.5) is 9.18 Å². The van der Waals surface area contributed by atoms with Crippen molar-refractivity contribution >= 4 is 12.0 Å². The minimum absolute atomic E-state index is 0.0503. The third-order valence-electron chi connectivity index (χ3n) is 3.97. The van der Waals surface area contributed by atoms with Crippen LogP contribution in [0.25, 0.3) is 0 Å². The van der Waals surface area contributed by atoms with Gasteiger partial charge in [-0.05, 0) is 42.7 Å². The van der Waals surface area contributed by atoms with Gasteiger partial charge in [0.05, 0.1) is 6.33 Å². The second-order valence-electron chi connectivity index (χ2n) is 5.62. The molecule has 1 heterocycles. The Morgan fingerprint density at radius 2 is 2.26 bits per heavy atom. The largest absolute Gasteiger partial charge is 0.473 e. The lowest BCUT2D eigenvalue weighted by molar-refractivity contribution is 0.0766. The van der Waals surface area contributed by atoms with Gasteiger partial charge in [-0.1, -0.05) is 0 Å². The second kappa shape index (κ2) is 6.28. The first-order valence-corrected chi connectivity index (χ1v) is 7.40. The molecule has 0 atom stereocenters. The molecule has 122 valence electrons. The van der Waals surface area contributed by atoms with E-state index in [9.17, 15) is 14.0 Å². The molecule has 0 radical (unpaired) electrons. The van der Waals surface area contributed by atoms with Gasteiger partial charge in [-0.15, -0.1) is 0 Å². The second-order valence-corrected chi connectivity index (χ2v) is 5.62. The van der Waals surface area contributed by atoms with Crippen LogP contribution in [-0.2, 0) is 6.54 Å². The van der Waals surface area contributed by atoms with Gasteiger partial charge in [0.1, 0.15) is 5.75 Å². The molecular weight excluding hydrogens is 303 g/mol. The molecule has 1 aliphatic heterocycles. The number of carbonyl (C=O) groups excluding carboxylic acids is 1. The number of ether oxygens (including phenoxy) is 1. The van der Waals surface area contributed by atoms with Crippen molar-refractivity contribution in [3.8, 4) is 5.75 Å². The third kappa shape index (κ3) is 3.28. The molecule has 0 bridgehead atoms. The summed E-state index contributed by atoms with van der Waals surface area (Å²) in [4.78, 5) is 26.0. The van der Waals surface area contributed by atoms with Gasteiger partial charge in [-0.3, -0.25) is 9.69 Å². The van der Waals surface area contributed by atoms with E-state index < -0.39 is 6.09 Å². The minimum Gasteiger partial charge on any atom is -0.473 e. The fourth-order valence-corrected chi connectivity index (χ4v) is 2.60. The molecule has 3 rings (SSSR count). The third-order valence-corrected chi connectivity index (χ3v) is 3.97. The van der Waals surface area contributed by atoms with Crippen LogP contribution in [0.3, 0.4) is 0 Å². The molecule has 0 spiro atoms. The Balaban J connectivity index is 1.65. The molecule has 2 amide bonds. The van der Waals surface area contributed by atoms with Crippen LogP contribution < -0.4 is 4.74 Å². The molecule has 1 aromatic carbocycles. The number of hydrogen-bond acceptors (Lipinski definition) is 3. The maximum Gasteiger partial charge on any atom is 0.410 e. The van der Waals surface area contributed by atoms with Gasteiger partial charge in [0.2, 0.25) is 0 Å². The predicted molar refractivity (Wildman–Crippen MR) is 79.8 cm³/mol. The Hall–Kier alpha value is -2.57. The highest BCUT2D eigenvalue weighted by Gasteiger charge is 2.38. The van der Waals surface area contributed by atoms with E-state index in [0.717, 1.165) is 29.4 Å². The molecule has 0 aromatic heterocycles. The lowest BCUT2D eigenvalue weighted by Gasteiger charge is -2.18. The number of benzene rings is 1. The summed E-state index contributed by atoms with van der Waals surface area (Å²) in [7, 11) is 0. The fraction of sp³-hybridized carbons (Fsp3) is 0.375. The summed E-state index contributed by atoms with van der Waals surface area (Å²) in [6.07, 6.45) is 2.30. The van der Waals surface area contributed by atoms with Crippen molar-refractivity contribution in [1.29, 1.82) is 0 Å². The number of amides is 2. The Bertz CT molecular complexity index is 657. The van der Waals surface area contributed by atoms with E-state index in [0.29, 0.717) is 30.2 Å². The van der Waals surface area contributed by atoms with E-state index in [1.807, 2.05) is 4.90 Å². The van der Waals surface area contributed by atoms with Crippen LogP contribution in [0.2, 0.25) is 0 Å².